The lowest BCUT2D eigenvalue weighted by atomic mass is 9.94. The van der Waals surface area contributed by atoms with Crippen molar-refractivity contribution in [2.24, 2.45) is 11.7 Å². The van der Waals surface area contributed by atoms with Crippen LogP contribution in [-0.2, 0) is 11.3 Å². The highest BCUT2D eigenvalue weighted by Crippen LogP contribution is 2.17. The van der Waals surface area contributed by atoms with Gasteiger partial charge in [0.15, 0.2) is 0 Å². The highest BCUT2D eigenvalue weighted by Gasteiger charge is 2.13. The molecule has 0 fully saturated rings. The van der Waals surface area contributed by atoms with E-state index in [2.05, 4.69) is 11.9 Å². The summed E-state index contributed by atoms with van der Waals surface area (Å²) in [5.74, 6) is 0.785. The summed E-state index contributed by atoms with van der Waals surface area (Å²) in [6.07, 6.45) is 8.45. The molecule has 0 radical (unpaired) electrons. The van der Waals surface area contributed by atoms with E-state index in [0.29, 0.717) is 25.4 Å². The monoisotopic (exact) mass is 277 g/mol. The molecule has 0 aliphatic carbocycles. The third-order valence-corrected chi connectivity index (χ3v) is 3.61. The number of nitrogens with zero attached hydrogens (tertiary/aromatic N) is 2. The number of hydrogen-bond donors (Lipinski definition) is 1. The molecule has 1 aromatic rings. The number of carbonyl (C=O) groups excluding carboxylic acids is 1. The zero-order valence-electron chi connectivity index (χ0n) is 12.7. The van der Waals surface area contributed by atoms with Gasteiger partial charge in [0.05, 0.1) is 0 Å². The van der Waals surface area contributed by atoms with Gasteiger partial charge in [0.2, 0.25) is 5.91 Å². The number of aromatic nitrogens is 1. The third kappa shape index (κ3) is 6.15. The molecule has 1 rings (SSSR count). The van der Waals surface area contributed by atoms with Crippen LogP contribution in [0.1, 0.15) is 44.6 Å². The van der Waals surface area contributed by atoms with Crippen molar-refractivity contribution in [1.29, 1.82) is 0 Å². The largest absolute Gasteiger partial charge is 0.341 e. The Balaban J connectivity index is 2.37. The fraction of sp³-hybridized carbons (Fsp3) is 0.625. The fourth-order valence-electron chi connectivity index (χ4n) is 2.45. The Bertz CT molecular complexity index is 375. The molecule has 0 aromatic carbocycles. The van der Waals surface area contributed by atoms with Crippen molar-refractivity contribution in [3.05, 3.63) is 30.1 Å². The van der Waals surface area contributed by atoms with E-state index < -0.39 is 0 Å². The topological polar surface area (TPSA) is 59.2 Å². The highest BCUT2D eigenvalue weighted by atomic mass is 16.2. The van der Waals surface area contributed by atoms with Crippen LogP contribution in [-0.4, -0.2) is 29.4 Å². The van der Waals surface area contributed by atoms with Crippen LogP contribution in [0.2, 0.25) is 0 Å². The molecule has 2 N–H and O–H groups in total. The van der Waals surface area contributed by atoms with E-state index in [1.807, 2.05) is 19.2 Å². The molecule has 1 atom stereocenters. The van der Waals surface area contributed by atoms with Crippen LogP contribution >= 0.6 is 0 Å². The van der Waals surface area contributed by atoms with Crippen molar-refractivity contribution >= 4 is 5.91 Å². The summed E-state index contributed by atoms with van der Waals surface area (Å²) in [5.41, 5.74) is 6.69. The maximum Gasteiger partial charge on any atom is 0.222 e. The molecular weight excluding hydrogens is 250 g/mol. The van der Waals surface area contributed by atoms with Gasteiger partial charge in [-0.15, -0.1) is 0 Å². The maximum absolute atomic E-state index is 12.1. The molecular formula is C16H27N3O. The maximum atomic E-state index is 12.1. The predicted molar refractivity (Wildman–Crippen MR) is 82.0 cm³/mol. The summed E-state index contributed by atoms with van der Waals surface area (Å²) in [6.45, 7) is 3.52. The van der Waals surface area contributed by atoms with Gasteiger partial charge in [-0.3, -0.25) is 9.78 Å². The van der Waals surface area contributed by atoms with Gasteiger partial charge in [0.25, 0.3) is 0 Å². The second-order valence-corrected chi connectivity index (χ2v) is 5.38. The summed E-state index contributed by atoms with van der Waals surface area (Å²) >= 11 is 0. The minimum absolute atomic E-state index is 0.201. The van der Waals surface area contributed by atoms with Gasteiger partial charge in [-0.2, -0.15) is 0 Å². The van der Waals surface area contributed by atoms with Crippen LogP contribution in [0.5, 0.6) is 0 Å². The average molecular weight is 277 g/mol. The molecule has 0 bridgehead atoms. The van der Waals surface area contributed by atoms with Crippen molar-refractivity contribution in [3.8, 4) is 0 Å². The molecule has 112 valence electrons. The van der Waals surface area contributed by atoms with Gasteiger partial charge < -0.3 is 10.6 Å². The first-order valence-corrected chi connectivity index (χ1v) is 7.50. The van der Waals surface area contributed by atoms with Crippen molar-refractivity contribution < 1.29 is 4.79 Å². The van der Waals surface area contributed by atoms with E-state index in [1.165, 1.54) is 0 Å². The van der Waals surface area contributed by atoms with Crippen LogP contribution in [0.15, 0.2) is 24.5 Å². The quantitative estimate of drug-likeness (QED) is 0.754. The molecule has 4 heteroatoms. The summed E-state index contributed by atoms with van der Waals surface area (Å²) in [4.78, 5) is 18.0. The van der Waals surface area contributed by atoms with Gasteiger partial charge >= 0.3 is 0 Å². The van der Waals surface area contributed by atoms with Crippen molar-refractivity contribution in [1.82, 2.24) is 9.88 Å². The Labute approximate surface area is 122 Å². The number of hydrogen-bond acceptors (Lipinski definition) is 3. The summed E-state index contributed by atoms with van der Waals surface area (Å²) in [5, 5.41) is 0. The SMILES string of the molecule is CCCC(CCN)CCC(=O)N(C)Cc1cccnc1. The average Bonchev–Trinajstić information content (AvgIpc) is 2.46. The lowest BCUT2D eigenvalue weighted by Gasteiger charge is -2.19. The normalized spacial score (nSPS) is 12.2. The van der Waals surface area contributed by atoms with E-state index in [4.69, 9.17) is 5.73 Å². The first kappa shape index (κ1) is 16.6. The summed E-state index contributed by atoms with van der Waals surface area (Å²) in [6, 6.07) is 3.89. The minimum atomic E-state index is 0.201. The zero-order valence-corrected chi connectivity index (χ0v) is 12.7. The summed E-state index contributed by atoms with van der Waals surface area (Å²) in [7, 11) is 1.85. The molecule has 1 unspecified atom stereocenters. The van der Waals surface area contributed by atoms with Crippen molar-refractivity contribution in [2.75, 3.05) is 13.6 Å². The number of rotatable bonds is 9. The van der Waals surface area contributed by atoms with Crippen molar-refractivity contribution in [2.45, 2.75) is 45.6 Å². The molecule has 0 spiro atoms. The molecule has 1 heterocycles. The number of pyridine rings is 1. The zero-order chi connectivity index (χ0) is 14.8. The minimum Gasteiger partial charge on any atom is -0.341 e. The van der Waals surface area contributed by atoms with Gasteiger partial charge in [0, 0.05) is 32.4 Å². The molecule has 4 nitrogen and oxygen atoms in total. The van der Waals surface area contributed by atoms with E-state index in [9.17, 15) is 4.79 Å². The van der Waals surface area contributed by atoms with Gasteiger partial charge in [-0.1, -0.05) is 25.8 Å². The predicted octanol–water partition coefficient (Wildman–Crippen LogP) is 2.59. The molecule has 0 saturated carbocycles. The number of nitrogens with two attached hydrogens (primary N) is 1. The summed E-state index contributed by atoms with van der Waals surface area (Å²) < 4.78 is 0. The number of amides is 1. The van der Waals surface area contributed by atoms with E-state index in [-0.39, 0.29) is 5.91 Å². The first-order chi connectivity index (χ1) is 9.67. The van der Waals surface area contributed by atoms with Gasteiger partial charge in [-0.25, -0.2) is 0 Å². The molecule has 1 aromatic heterocycles. The third-order valence-electron chi connectivity index (χ3n) is 3.61. The molecule has 0 aliphatic rings. The highest BCUT2D eigenvalue weighted by molar-refractivity contribution is 5.75. The fourth-order valence-corrected chi connectivity index (χ4v) is 2.45. The Morgan fingerprint density at radius 1 is 1.40 bits per heavy atom. The lowest BCUT2D eigenvalue weighted by Crippen LogP contribution is -2.26. The molecule has 0 aliphatic heterocycles. The van der Waals surface area contributed by atoms with E-state index in [1.54, 1.807) is 17.3 Å². The Kier molecular flexibility index (Phi) is 7.88. The molecule has 0 saturated heterocycles. The lowest BCUT2D eigenvalue weighted by molar-refractivity contribution is -0.130. The first-order valence-electron chi connectivity index (χ1n) is 7.50. The molecule has 20 heavy (non-hydrogen) atoms. The van der Waals surface area contributed by atoms with Gasteiger partial charge in [-0.05, 0) is 36.9 Å². The Morgan fingerprint density at radius 3 is 2.80 bits per heavy atom. The van der Waals surface area contributed by atoms with Crippen LogP contribution in [0.25, 0.3) is 0 Å². The smallest absolute Gasteiger partial charge is 0.222 e. The van der Waals surface area contributed by atoms with E-state index >= 15 is 0 Å². The van der Waals surface area contributed by atoms with Crippen LogP contribution in [0, 0.1) is 5.92 Å². The van der Waals surface area contributed by atoms with E-state index in [0.717, 1.165) is 31.2 Å². The second-order valence-electron chi connectivity index (χ2n) is 5.38. The molecule has 1 amide bonds. The Hall–Kier alpha value is -1.42. The van der Waals surface area contributed by atoms with Crippen LogP contribution in [0.3, 0.4) is 0 Å². The Morgan fingerprint density at radius 2 is 2.20 bits per heavy atom. The van der Waals surface area contributed by atoms with Crippen LogP contribution < -0.4 is 5.73 Å². The number of carbonyl (C=O) groups is 1. The standard InChI is InChI=1S/C16H27N3O/c1-3-5-14(9-10-17)7-8-16(20)19(2)13-15-6-4-11-18-12-15/h4,6,11-12,14H,3,5,7-10,13,17H2,1-2H3. The van der Waals surface area contributed by atoms with Crippen molar-refractivity contribution in [3.63, 3.8) is 0 Å². The second kappa shape index (κ2) is 9.48. The van der Waals surface area contributed by atoms with Gasteiger partial charge in [0.1, 0.15) is 0 Å². The van der Waals surface area contributed by atoms with Crippen LogP contribution in [0.4, 0.5) is 0 Å².